The molecule has 0 bridgehead atoms. The van der Waals surface area contributed by atoms with Gasteiger partial charge < -0.3 is 10.2 Å². The van der Waals surface area contributed by atoms with Crippen molar-refractivity contribution in [1.82, 2.24) is 9.80 Å². The fourth-order valence-electron chi connectivity index (χ4n) is 3.54. The standard InChI is InChI=1S/C23H27F2N3O2/c1-16-4-3-5-21(17(16)2)26-22(29)15-27-10-12-28(13-11-27)23(30)9-7-18-6-8-19(24)20(25)14-18/h3-6,8,14H,7,9-13,15H2,1-2H3,(H,26,29). The molecule has 0 radical (unpaired) electrons. The number of anilines is 1. The average Bonchev–Trinajstić information content (AvgIpc) is 2.72. The van der Waals surface area contributed by atoms with Crippen LogP contribution in [-0.2, 0) is 16.0 Å². The van der Waals surface area contributed by atoms with Crippen molar-refractivity contribution in [3.63, 3.8) is 0 Å². The van der Waals surface area contributed by atoms with Gasteiger partial charge in [0, 0.05) is 38.3 Å². The first kappa shape index (κ1) is 21.9. The number of carbonyl (C=O) groups is 2. The van der Waals surface area contributed by atoms with Crippen LogP contribution >= 0.6 is 0 Å². The Kier molecular flexibility index (Phi) is 7.15. The molecule has 1 aliphatic heterocycles. The summed E-state index contributed by atoms with van der Waals surface area (Å²) in [5, 5.41) is 2.96. The maximum absolute atomic E-state index is 13.3. The van der Waals surface area contributed by atoms with Crippen molar-refractivity contribution in [2.24, 2.45) is 0 Å². The van der Waals surface area contributed by atoms with Crippen LogP contribution in [0.25, 0.3) is 0 Å². The van der Waals surface area contributed by atoms with Crippen LogP contribution in [0.3, 0.4) is 0 Å². The van der Waals surface area contributed by atoms with Gasteiger partial charge in [0.1, 0.15) is 0 Å². The van der Waals surface area contributed by atoms with Crippen molar-refractivity contribution in [1.29, 1.82) is 0 Å². The van der Waals surface area contributed by atoms with Crippen molar-refractivity contribution in [2.45, 2.75) is 26.7 Å². The third-order valence-electron chi connectivity index (χ3n) is 5.58. The normalized spacial score (nSPS) is 14.6. The summed E-state index contributed by atoms with van der Waals surface area (Å²) in [6.45, 7) is 6.61. The van der Waals surface area contributed by atoms with E-state index < -0.39 is 11.6 Å². The van der Waals surface area contributed by atoms with E-state index in [1.54, 1.807) is 4.90 Å². The summed E-state index contributed by atoms with van der Waals surface area (Å²) in [6.07, 6.45) is 0.618. The molecular weight excluding hydrogens is 388 g/mol. The van der Waals surface area contributed by atoms with Gasteiger partial charge in [-0.05, 0) is 55.2 Å². The molecule has 0 aromatic heterocycles. The van der Waals surface area contributed by atoms with Crippen LogP contribution in [0, 0.1) is 25.5 Å². The second-order valence-electron chi connectivity index (χ2n) is 7.70. The number of piperazine rings is 1. The van der Waals surface area contributed by atoms with Crippen LogP contribution in [0.2, 0.25) is 0 Å². The van der Waals surface area contributed by atoms with Gasteiger partial charge in [-0.3, -0.25) is 14.5 Å². The van der Waals surface area contributed by atoms with E-state index in [0.29, 0.717) is 38.2 Å². The molecule has 1 aliphatic rings. The number of rotatable bonds is 6. The van der Waals surface area contributed by atoms with E-state index in [4.69, 9.17) is 0 Å². The van der Waals surface area contributed by atoms with Gasteiger partial charge in [-0.25, -0.2) is 8.78 Å². The van der Waals surface area contributed by atoms with E-state index in [2.05, 4.69) is 5.32 Å². The molecule has 0 saturated carbocycles. The summed E-state index contributed by atoms with van der Waals surface area (Å²) in [7, 11) is 0. The molecule has 2 aromatic rings. The smallest absolute Gasteiger partial charge is 0.238 e. The van der Waals surface area contributed by atoms with Gasteiger partial charge in [0.15, 0.2) is 11.6 Å². The Morgan fingerprint density at radius 3 is 2.43 bits per heavy atom. The van der Waals surface area contributed by atoms with Crippen molar-refractivity contribution in [3.05, 3.63) is 64.7 Å². The summed E-state index contributed by atoms with van der Waals surface area (Å²) in [6, 6.07) is 9.53. The number of nitrogens with zero attached hydrogens (tertiary/aromatic N) is 2. The van der Waals surface area contributed by atoms with Gasteiger partial charge in [0.25, 0.3) is 0 Å². The van der Waals surface area contributed by atoms with E-state index >= 15 is 0 Å². The van der Waals surface area contributed by atoms with Crippen LogP contribution in [-0.4, -0.2) is 54.3 Å². The lowest BCUT2D eigenvalue weighted by atomic mass is 10.1. The Morgan fingerprint density at radius 1 is 1.00 bits per heavy atom. The number of hydrogen-bond acceptors (Lipinski definition) is 3. The predicted molar refractivity (Wildman–Crippen MR) is 112 cm³/mol. The summed E-state index contributed by atoms with van der Waals surface area (Å²) in [5.74, 6) is -1.86. The summed E-state index contributed by atoms with van der Waals surface area (Å²) < 4.78 is 26.3. The third kappa shape index (κ3) is 5.63. The highest BCUT2D eigenvalue weighted by Gasteiger charge is 2.22. The summed E-state index contributed by atoms with van der Waals surface area (Å²) in [4.78, 5) is 28.6. The maximum Gasteiger partial charge on any atom is 0.238 e. The summed E-state index contributed by atoms with van der Waals surface area (Å²) in [5.41, 5.74) is 3.61. The minimum atomic E-state index is -0.896. The molecule has 2 aromatic carbocycles. The molecule has 1 saturated heterocycles. The number of benzene rings is 2. The number of carbonyl (C=O) groups excluding carboxylic acids is 2. The number of aryl methyl sites for hydroxylation is 2. The van der Waals surface area contributed by atoms with E-state index in [0.717, 1.165) is 28.9 Å². The average molecular weight is 415 g/mol. The highest BCUT2D eigenvalue weighted by molar-refractivity contribution is 5.93. The molecule has 2 amide bonds. The first-order valence-corrected chi connectivity index (χ1v) is 10.1. The van der Waals surface area contributed by atoms with Gasteiger partial charge in [0.05, 0.1) is 6.54 Å². The van der Waals surface area contributed by atoms with Crippen molar-refractivity contribution in [3.8, 4) is 0 Å². The monoisotopic (exact) mass is 415 g/mol. The van der Waals surface area contributed by atoms with Crippen molar-refractivity contribution in [2.75, 3.05) is 38.0 Å². The second kappa shape index (κ2) is 9.80. The van der Waals surface area contributed by atoms with Crippen LogP contribution in [0.1, 0.15) is 23.1 Å². The molecule has 1 fully saturated rings. The molecule has 3 rings (SSSR count). The Morgan fingerprint density at radius 2 is 1.73 bits per heavy atom. The van der Waals surface area contributed by atoms with Crippen LogP contribution in [0.15, 0.2) is 36.4 Å². The van der Waals surface area contributed by atoms with Gasteiger partial charge in [-0.2, -0.15) is 0 Å². The lowest BCUT2D eigenvalue weighted by molar-refractivity contribution is -0.133. The van der Waals surface area contributed by atoms with Crippen molar-refractivity contribution < 1.29 is 18.4 Å². The zero-order chi connectivity index (χ0) is 21.7. The first-order valence-electron chi connectivity index (χ1n) is 10.1. The van der Waals surface area contributed by atoms with E-state index in [9.17, 15) is 18.4 Å². The molecule has 160 valence electrons. The van der Waals surface area contributed by atoms with E-state index in [-0.39, 0.29) is 24.8 Å². The lowest BCUT2D eigenvalue weighted by Crippen LogP contribution is -2.50. The molecule has 0 atom stereocenters. The molecule has 0 unspecified atom stereocenters. The van der Waals surface area contributed by atoms with E-state index in [1.165, 1.54) is 6.07 Å². The Bertz CT molecular complexity index is 925. The highest BCUT2D eigenvalue weighted by atomic mass is 19.2. The second-order valence-corrected chi connectivity index (χ2v) is 7.70. The largest absolute Gasteiger partial charge is 0.340 e. The Hall–Kier alpha value is -2.80. The topological polar surface area (TPSA) is 52.7 Å². The fraction of sp³-hybridized carbons (Fsp3) is 0.391. The minimum Gasteiger partial charge on any atom is -0.340 e. The molecular formula is C23H27F2N3O2. The van der Waals surface area contributed by atoms with Crippen LogP contribution < -0.4 is 5.32 Å². The molecule has 1 N–H and O–H groups in total. The zero-order valence-electron chi connectivity index (χ0n) is 17.4. The van der Waals surface area contributed by atoms with Gasteiger partial charge in [-0.1, -0.05) is 18.2 Å². The molecule has 1 heterocycles. The predicted octanol–water partition coefficient (Wildman–Crippen LogP) is 3.30. The Balaban J connectivity index is 1.42. The highest BCUT2D eigenvalue weighted by Crippen LogP contribution is 2.18. The molecule has 30 heavy (non-hydrogen) atoms. The number of amides is 2. The van der Waals surface area contributed by atoms with E-state index in [1.807, 2.05) is 36.9 Å². The quantitative estimate of drug-likeness (QED) is 0.788. The first-order chi connectivity index (χ1) is 14.3. The van der Waals surface area contributed by atoms with Crippen LogP contribution in [0.4, 0.5) is 14.5 Å². The van der Waals surface area contributed by atoms with Gasteiger partial charge in [-0.15, -0.1) is 0 Å². The SMILES string of the molecule is Cc1cccc(NC(=O)CN2CCN(C(=O)CCc3ccc(F)c(F)c3)CC2)c1C. The molecule has 0 spiro atoms. The molecule has 5 nitrogen and oxygen atoms in total. The maximum atomic E-state index is 13.3. The molecule has 0 aliphatic carbocycles. The minimum absolute atomic E-state index is 0.0146. The third-order valence-corrected chi connectivity index (χ3v) is 5.58. The van der Waals surface area contributed by atoms with Crippen molar-refractivity contribution >= 4 is 17.5 Å². The lowest BCUT2D eigenvalue weighted by Gasteiger charge is -2.34. The Labute approximate surface area is 175 Å². The number of nitrogens with one attached hydrogen (secondary N) is 1. The summed E-state index contributed by atoms with van der Waals surface area (Å²) >= 11 is 0. The number of halogens is 2. The fourth-order valence-corrected chi connectivity index (χ4v) is 3.54. The van der Waals surface area contributed by atoms with Crippen LogP contribution in [0.5, 0.6) is 0 Å². The van der Waals surface area contributed by atoms with Gasteiger partial charge in [0.2, 0.25) is 11.8 Å². The zero-order valence-corrected chi connectivity index (χ0v) is 17.4. The molecule has 7 heteroatoms. The van der Waals surface area contributed by atoms with Gasteiger partial charge >= 0.3 is 0 Å². The number of hydrogen-bond donors (Lipinski definition) is 1.